The lowest BCUT2D eigenvalue weighted by Crippen LogP contribution is -2.36. The smallest absolute Gasteiger partial charge is 0.246 e. The number of aromatic nitrogens is 2. The lowest BCUT2D eigenvalue weighted by molar-refractivity contribution is 0.0518. The Kier molecular flexibility index (Phi) is 5.08. The molecule has 1 atom stereocenters. The molecule has 1 aromatic rings. The fourth-order valence-electron chi connectivity index (χ4n) is 1.71. The molecule has 0 aliphatic heterocycles. The number of nitrogens with one attached hydrogen (secondary N) is 1. The van der Waals surface area contributed by atoms with Gasteiger partial charge in [0.2, 0.25) is 11.7 Å². The molecule has 0 amide bonds. The van der Waals surface area contributed by atoms with Gasteiger partial charge < -0.3 is 14.6 Å². The first kappa shape index (κ1) is 14.1. The Labute approximate surface area is 103 Å². The highest BCUT2D eigenvalue weighted by Crippen LogP contribution is 2.22. The van der Waals surface area contributed by atoms with E-state index in [0.29, 0.717) is 18.3 Å². The molecule has 1 heterocycles. The van der Waals surface area contributed by atoms with E-state index in [-0.39, 0.29) is 11.6 Å². The molecule has 0 fully saturated rings. The molecule has 0 spiro atoms. The van der Waals surface area contributed by atoms with Gasteiger partial charge in [-0.25, -0.2) is 0 Å². The van der Waals surface area contributed by atoms with E-state index in [2.05, 4.69) is 15.5 Å². The fraction of sp³-hybridized carbons (Fsp3) is 0.833. The lowest BCUT2D eigenvalue weighted by atomic mass is 10.1. The molecule has 0 aliphatic carbocycles. The summed E-state index contributed by atoms with van der Waals surface area (Å²) in [6.07, 6.45) is 0.768. The van der Waals surface area contributed by atoms with Crippen LogP contribution in [0.3, 0.4) is 0 Å². The average molecular weight is 241 g/mol. The number of ether oxygens (including phenoxy) is 1. The minimum Gasteiger partial charge on any atom is -0.370 e. The SMILES string of the molecule is CCNC(C)(C)c1nc(C(CC)OCC)no1. The van der Waals surface area contributed by atoms with Gasteiger partial charge in [-0.2, -0.15) is 4.98 Å². The van der Waals surface area contributed by atoms with Gasteiger partial charge >= 0.3 is 0 Å². The molecule has 98 valence electrons. The van der Waals surface area contributed by atoms with E-state index in [1.165, 1.54) is 0 Å². The maximum atomic E-state index is 5.56. The molecule has 0 aliphatic rings. The predicted octanol–water partition coefficient (Wildman–Crippen LogP) is 2.40. The van der Waals surface area contributed by atoms with Crippen LogP contribution in [0.4, 0.5) is 0 Å². The minimum absolute atomic E-state index is 0.0741. The van der Waals surface area contributed by atoms with Crippen LogP contribution in [0.15, 0.2) is 4.52 Å². The van der Waals surface area contributed by atoms with Crippen molar-refractivity contribution in [2.24, 2.45) is 0 Å². The Bertz CT molecular complexity index is 336. The second-order valence-electron chi connectivity index (χ2n) is 4.47. The van der Waals surface area contributed by atoms with Crippen molar-refractivity contribution in [2.45, 2.75) is 52.7 Å². The van der Waals surface area contributed by atoms with Gasteiger partial charge in [0.25, 0.3) is 0 Å². The first-order valence-corrected chi connectivity index (χ1v) is 6.25. The summed E-state index contributed by atoms with van der Waals surface area (Å²) in [5.41, 5.74) is -0.301. The van der Waals surface area contributed by atoms with Crippen LogP contribution in [-0.4, -0.2) is 23.3 Å². The standard InChI is InChI=1S/C12H23N3O2/c1-6-9(16-8-3)10-14-11(17-15-10)12(4,5)13-7-2/h9,13H,6-8H2,1-5H3. The highest BCUT2D eigenvalue weighted by Gasteiger charge is 2.28. The molecule has 0 bridgehead atoms. The minimum atomic E-state index is -0.301. The van der Waals surface area contributed by atoms with Crippen LogP contribution in [0.1, 0.15) is 58.9 Å². The maximum absolute atomic E-state index is 5.56. The van der Waals surface area contributed by atoms with Crippen LogP contribution in [-0.2, 0) is 10.3 Å². The summed E-state index contributed by atoms with van der Waals surface area (Å²) >= 11 is 0. The molecular weight excluding hydrogens is 218 g/mol. The summed E-state index contributed by atoms with van der Waals surface area (Å²) in [5.74, 6) is 1.24. The first-order valence-electron chi connectivity index (χ1n) is 6.25. The predicted molar refractivity (Wildman–Crippen MR) is 65.7 cm³/mol. The molecule has 0 aromatic carbocycles. The van der Waals surface area contributed by atoms with Crippen molar-refractivity contribution in [3.8, 4) is 0 Å². The topological polar surface area (TPSA) is 60.2 Å². The zero-order valence-electron chi connectivity index (χ0n) is 11.4. The Morgan fingerprint density at radius 2 is 2.06 bits per heavy atom. The molecule has 5 nitrogen and oxygen atoms in total. The number of nitrogens with zero attached hydrogens (tertiary/aromatic N) is 2. The van der Waals surface area contributed by atoms with Crippen molar-refractivity contribution in [1.29, 1.82) is 0 Å². The van der Waals surface area contributed by atoms with Crippen molar-refractivity contribution < 1.29 is 9.26 Å². The maximum Gasteiger partial charge on any atom is 0.246 e. The van der Waals surface area contributed by atoms with Gasteiger partial charge in [-0.1, -0.05) is 19.0 Å². The van der Waals surface area contributed by atoms with Gasteiger partial charge in [0, 0.05) is 6.61 Å². The van der Waals surface area contributed by atoms with Crippen LogP contribution in [0.5, 0.6) is 0 Å². The van der Waals surface area contributed by atoms with Crippen LogP contribution >= 0.6 is 0 Å². The summed E-state index contributed by atoms with van der Waals surface area (Å²) in [6.45, 7) is 11.6. The first-order chi connectivity index (χ1) is 8.05. The Balaban J connectivity index is 2.82. The second kappa shape index (κ2) is 6.12. The van der Waals surface area contributed by atoms with E-state index < -0.39 is 0 Å². The zero-order chi connectivity index (χ0) is 12.9. The highest BCUT2D eigenvalue weighted by atomic mass is 16.5. The quantitative estimate of drug-likeness (QED) is 0.794. The summed E-state index contributed by atoms with van der Waals surface area (Å²) in [5, 5.41) is 7.31. The van der Waals surface area contributed by atoms with Gasteiger partial charge in [-0.15, -0.1) is 0 Å². The Morgan fingerprint density at radius 1 is 1.35 bits per heavy atom. The van der Waals surface area contributed by atoms with Crippen molar-refractivity contribution >= 4 is 0 Å². The third-order valence-electron chi connectivity index (χ3n) is 2.62. The molecule has 0 radical (unpaired) electrons. The van der Waals surface area contributed by atoms with E-state index in [9.17, 15) is 0 Å². The van der Waals surface area contributed by atoms with Gasteiger partial charge in [-0.05, 0) is 33.7 Å². The van der Waals surface area contributed by atoms with Crippen molar-refractivity contribution in [3.05, 3.63) is 11.7 Å². The number of hydrogen-bond acceptors (Lipinski definition) is 5. The molecular formula is C12H23N3O2. The van der Waals surface area contributed by atoms with Crippen molar-refractivity contribution in [1.82, 2.24) is 15.5 Å². The second-order valence-corrected chi connectivity index (χ2v) is 4.47. The Morgan fingerprint density at radius 3 is 2.59 bits per heavy atom. The van der Waals surface area contributed by atoms with Crippen LogP contribution < -0.4 is 5.32 Å². The third kappa shape index (κ3) is 3.51. The molecule has 1 rings (SSSR count). The van der Waals surface area contributed by atoms with Gasteiger partial charge in [0.1, 0.15) is 6.10 Å². The molecule has 1 unspecified atom stereocenters. The van der Waals surface area contributed by atoms with Gasteiger partial charge in [0.05, 0.1) is 5.54 Å². The summed E-state index contributed by atoms with van der Waals surface area (Å²) in [4.78, 5) is 4.43. The largest absolute Gasteiger partial charge is 0.370 e. The molecule has 0 saturated heterocycles. The van der Waals surface area contributed by atoms with Crippen molar-refractivity contribution in [2.75, 3.05) is 13.2 Å². The van der Waals surface area contributed by atoms with Crippen molar-refractivity contribution in [3.63, 3.8) is 0 Å². The van der Waals surface area contributed by atoms with Crippen LogP contribution in [0.2, 0.25) is 0 Å². The van der Waals surface area contributed by atoms with Crippen LogP contribution in [0.25, 0.3) is 0 Å². The zero-order valence-corrected chi connectivity index (χ0v) is 11.4. The molecule has 1 N–H and O–H groups in total. The van der Waals surface area contributed by atoms with E-state index >= 15 is 0 Å². The monoisotopic (exact) mass is 241 g/mol. The normalized spacial score (nSPS) is 13.9. The van der Waals surface area contributed by atoms with Crippen LogP contribution in [0, 0.1) is 0 Å². The number of rotatable bonds is 7. The fourth-order valence-corrected chi connectivity index (χ4v) is 1.71. The third-order valence-corrected chi connectivity index (χ3v) is 2.62. The van der Waals surface area contributed by atoms with Gasteiger partial charge in [-0.3, -0.25) is 0 Å². The van der Waals surface area contributed by atoms with Gasteiger partial charge in [0.15, 0.2) is 0 Å². The van der Waals surface area contributed by atoms with E-state index in [1.807, 2.05) is 34.6 Å². The molecule has 17 heavy (non-hydrogen) atoms. The summed E-state index contributed by atoms with van der Waals surface area (Å²) < 4.78 is 10.9. The average Bonchev–Trinajstić information content (AvgIpc) is 2.75. The molecule has 1 aromatic heterocycles. The Hall–Kier alpha value is -0.940. The van der Waals surface area contributed by atoms with E-state index in [4.69, 9.17) is 9.26 Å². The number of hydrogen-bond donors (Lipinski definition) is 1. The van der Waals surface area contributed by atoms with E-state index in [1.54, 1.807) is 0 Å². The lowest BCUT2D eigenvalue weighted by Gasteiger charge is -2.20. The molecule has 5 heteroatoms. The summed E-state index contributed by atoms with van der Waals surface area (Å²) in [6, 6.07) is 0. The summed E-state index contributed by atoms with van der Waals surface area (Å²) in [7, 11) is 0. The van der Waals surface area contributed by atoms with E-state index in [0.717, 1.165) is 13.0 Å². The highest BCUT2D eigenvalue weighted by molar-refractivity contribution is 5.00. The molecule has 0 saturated carbocycles.